The molecule has 1 aliphatic rings. The van der Waals surface area contributed by atoms with Crippen molar-refractivity contribution < 1.29 is 14.7 Å². The minimum atomic E-state index is -1.03. The maximum Gasteiger partial charge on any atom is 0.329 e. The van der Waals surface area contributed by atoms with Crippen LogP contribution in [0.4, 0.5) is 0 Å². The van der Waals surface area contributed by atoms with E-state index in [1.54, 1.807) is 0 Å². The molecule has 0 saturated heterocycles. The lowest BCUT2D eigenvalue weighted by Gasteiger charge is -2.38. The summed E-state index contributed by atoms with van der Waals surface area (Å²) in [5.74, 6) is -1.19. The Kier molecular flexibility index (Phi) is 3.65. The molecule has 0 spiro atoms. The van der Waals surface area contributed by atoms with Crippen LogP contribution in [0.5, 0.6) is 0 Å². The predicted octanol–water partition coefficient (Wildman–Crippen LogP) is 1.37. The number of thiazole rings is 1. The number of carboxylic acid groups (broad SMARTS) is 1. The van der Waals surface area contributed by atoms with Crippen LogP contribution in [0, 0.1) is 0 Å². The van der Waals surface area contributed by atoms with Gasteiger partial charge in [-0.3, -0.25) is 4.79 Å². The average Bonchev–Trinajstić information content (AvgIpc) is 2.70. The van der Waals surface area contributed by atoms with Crippen molar-refractivity contribution >= 4 is 23.2 Å². The van der Waals surface area contributed by atoms with Crippen molar-refractivity contribution in [2.24, 2.45) is 0 Å². The molecule has 2 N–H and O–H groups in total. The summed E-state index contributed by atoms with van der Waals surface area (Å²) in [7, 11) is 0. The summed E-state index contributed by atoms with van der Waals surface area (Å²) in [6.45, 7) is 2.01. The van der Waals surface area contributed by atoms with Crippen LogP contribution in [0.1, 0.15) is 36.9 Å². The third-order valence-electron chi connectivity index (χ3n) is 3.24. The summed E-state index contributed by atoms with van der Waals surface area (Å²) in [4.78, 5) is 27.2. The van der Waals surface area contributed by atoms with Gasteiger partial charge in [-0.2, -0.15) is 0 Å². The lowest BCUT2D eigenvalue weighted by Crippen LogP contribution is -2.59. The molecule has 1 saturated carbocycles. The highest BCUT2D eigenvalue weighted by Gasteiger charge is 2.45. The Hall–Kier alpha value is -1.43. The number of rotatable bonds is 5. The normalized spacial score (nSPS) is 16.9. The number of carbonyl (C=O) groups is 2. The van der Waals surface area contributed by atoms with Gasteiger partial charge < -0.3 is 10.4 Å². The molecule has 0 atom stereocenters. The third kappa shape index (κ3) is 2.53. The van der Waals surface area contributed by atoms with E-state index in [9.17, 15) is 9.59 Å². The van der Waals surface area contributed by atoms with Crippen molar-refractivity contribution in [1.82, 2.24) is 10.3 Å². The quantitative estimate of drug-likeness (QED) is 0.845. The highest BCUT2D eigenvalue weighted by Crippen LogP contribution is 2.32. The van der Waals surface area contributed by atoms with E-state index in [0.717, 1.165) is 17.8 Å². The fourth-order valence-corrected chi connectivity index (χ4v) is 2.74. The zero-order chi connectivity index (χ0) is 13.2. The first-order chi connectivity index (χ1) is 8.55. The zero-order valence-corrected chi connectivity index (χ0v) is 11.0. The highest BCUT2D eigenvalue weighted by atomic mass is 32.1. The number of nitrogens with zero attached hydrogens (tertiary/aromatic N) is 1. The van der Waals surface area contributed by atoms with E-state index < -0.39 is 11.5 Å². The van der Waals surface area contributed by atoms with Crippen molar-refractivity contribution in [3.8, 4) is 0 Å². The lowest BCUT2D eigenvalue weighted by molar-refractivity contribution is -0.151. The van der Waals surface area contributed by atoms with E-state index in [1.165, 1.54) is 11.3 Å². The number of amides is 1. The van der Waals surface area contributed by atoms with Gasteiger partial charge in [-0.05, 0) is 25.7 Å². The number of aryl methyl sites for hydroxylation is 1. The second kappa shape index (κ2) is 5.06. The first-order valence-corrected chi connectivity index (χ1v) is 6.91. The molecule has 1 aliphatic carbocycles. The number of hydrogen-bond donors (Lipinski definition) is 2. The molecule has 1 aromatic heterocycles. The smallest absolute Gasteiger partial charge is 0.329 e. The Labute approximate surface area is 109 Å². The lowest BCUT2D eigenvalue weighted by atomic mass is 9.76. The largest absolute Gasteiger partial charge is 0.480 e. The van der Waals surface area contributed by atoms with Crippen molar-refractivity contribution in [3.05, 3.63) is 16.1 Å². The fourth-order valence-electron chi connectivity index (χ4n) is 1.99. The standard InChI is InChI=1S/C12H16N2O3S/c1-2-10-13-8(7-18-10)6-9(15)14-12(11(16)17)4-3-5-12/h7H,2-6H2,1H3,(H,14,15)(H,16,17). The molecule has 0 unspecified atom stereocenters. The maximum absolute atomic E-state index is 11.8. The molecule has 0 aromatic carbocycles. The van der Waals surface area contributed by atoms with Crippen LogP contribution in [0.15, 0.2) is 5.38 Å². The van der Waals surface area contributed by atoms with Crippen LogP contribution in [0.3, 0.4) is 0 Å². The minimum absolute atomic E-state index is 0.158. The molecule has 1 amide bonds. The molecule has 5 nitrogen and oxygen atoms in total. The topological polar surface area (TPSA) is 79.3 Å². The van der Waals surface area contributed by atoms with Gasteiger partial charge in [0.05, 0.1) is 17.1 Å². The third-order valence-corrected chi connectivity index (χ3v) is 4.28. The molecule has 6 heteroatoms. The molecular weight excluding hydrogens is 252 g/mol. The van der Waals surface area contributed by atoms with E-state index in [1.807, 2.05) is 12.3 Å². The minimum Gasteiger partial charge on any atom is -0.480 e. The number of aliphatic carboxylic acids is 1. The number of aromatic nitrogens is 1. The Morgan fingerprint density at radius 1 is 1.56 bits per heavy atom. The molecule has 98 valence electrons. The molecule has 0 radical (unpaired) electrons. The molecule has 1 aromatic rings. The summed E-state index contributed by atoms with van der Waals surface area (Å²) >= 11 is 1.53. The molecule has 2 rings (SSSR count). The van der Waals surface area contributed by atoms with Gasteiger partial charge >= 0.3 is 5.97 Å². The molecular formula is C12H16N2O3S. The van der Waals surface area contributed by atoms with Gasteiger partial charge in [0.2, 0.25) is 5.91 Å². The van der Waals surface area contributed by atoms with Gasteiger partial charge in [0, 0.05) is 5.38 Å². The van der Waals surface area contributed by atoms with Crippen LogP contribution >= 0.6 is 11.3 Å². The summed E-state index contributed by atoms with van der Waals surface area (Å²) in [5.41, 5.74) is -0.310. The first-order valence-electron chi connectivity index (χ1n) is 6.03. The van der Waals surface area contributed by atoms with Gasteiger partial charge in [0.15, 0.2) is 0 Å². The molecule has 18 heavy (non-hydrogen) atoms. The number of carboxylic acids is 1. The van der Waals surface area contributed by atoms with Crippen molar-refractivity contribution in [1.29, 1.82) is 0 Å². The van der Waals surface area contributed by atoms with Crippen molar-refractivity contribution in [3.63, 3.8) is 0 Å². The Balaban J connectivity index is 1.94. The second-order valence-corrected chi connectivity index (χ2v) is 5.49. The Bertz CT molecular complexity index is 466. The van der Waals surface area contributed by atoms with E-state index in [4.69, 9.17) is 5.11 Å². The number of nitrogens with one attached hydrogen (secondary N) is 1. The van der Waals surface area contributed by atoms with E-state index in [2.05, 4.69) is 10.3 Å². The molecule has 0 aliphatic heterocycles. The molecule has 1 heterocycles. The average molecular weight is 268 g/mol. The van der Waals surface area contributed by atoms with Gasteiger partial charge in [-0.1, -0.05) is 6.92 Å². The zero-order valence-electron chi connectivity index (χ0n) is 10.2. The second-order valence-electron chi connectivity index (χ2n) is 4.55. The van der Waals surface area contributed by atoms with Gasteiger partial charge in [0.25, 0.3) is 0 Å². The molecule has 1 fully saturated rings. The van der Waals surface area contributed by atoms with Gasteiger partial charge in [-0.25, -0.2) is 9.78 Å². The van der Waals surface area contributed by atoms with E-state index in [0.29, 0.717) is 18.5 Å². The summed E-state index contributed by atoms with van der Waals surface area (Å²) < 4.78 is 0. The highest BCUT2D eigenvalue weighted by molar-refractivity contribution is 7.09. The first kappa shape index (κ1) is 13.0. The van der Waals surface area contributed by atoms with E-state index in [-0.39, 0.29) is 12.3 Å². The summed E-state index contributed by atoms with van der Waals surface area (Å²) in [5, 5.41) is 14.6. The van der Waals surface area contributed by atoms with Gasteiger partial charge in [-0.15, -0.1) is 11.3 Å². The summed E-state index contributed by atoms with van der Waals surface area (Å²) in [6, 6.07) is 0. The van der Waals surface area contributed by atoms with Gasteiger partial charge in [0.1, 0.15) is 5.54 Å². The number of hydrogen-bond acceptors (Lipinski definition) is 4. The predicted molar refractivity (Wildman–Crippen MR) is 67.6 cm³/mol. The van der Waals surface area contributed by atoms with Crippen LogP contribution in [0.2, 0.25) is 0 Å². The van der Waals surface area contributed by atoms with Crippen LogP contribution in [-0.4, -0.2) is 27.5 Å². The van der Waals surface area contributed by atoms with Crippen molar-refractivity contribution in [2.75, 3.05) is 0 Å². The Morgan fingerprint density at radius 2 is 2.28 bits per heavy atom. The van der Waals surface area contributed by atoms with Crippen molar-refractivity contribution in [2.45, 2.75) is 44.6 Å². The van der Waals surface area contributed by atoms with E-state index >= 15 is 0 Å². The maximum atomic E-state index is 11.8. The fraction of sp³-hybridized carbons (Fsp3) is 0.583. The van der Waals surface area contributed by atoms with Crippen LogP contribution in [-0.2, 0) is 22.4 Å². The molecule has 0 bridgehead atoms. The number of carbonyl (C=O) groups excluding carboxylic acids is 1. The monoisotopic (exact) mass is 268 g/mol. The summed E-state index contributed by atoms with van der Waals surface area (Å²) in [6.07, 6.45) is 2.90. The van der Waals surface area contributed by atoms with Crippen LogP contribution in [0.25, 0.3) is 0 Å². The Morgan fingerprint density at radius 3 is 2.72 bits per heavy atom. The SMILES string of the molecule is CCc1nc(CC(=O)NC2(C(=O)O)CCC2)cs1. The van der Waals surface area contributed by atoms with Crippen LogP contribution < -0.4 is 5.32 Å².